The Hall–Kier alpha value is -0.700. The smallest absolute Gasteiger partial charge is 0.142 e. The van der Waals surface area contributed by atoms with Crippen molar-refractivity contribution in [2.75, 3.05) is 24.5 Å². The molecule has 0 heterocycles. The van der Waals surface area contributed by atoms with E-state index in [0.29, 0.717) is 0 Å². The van der Waals surface area contributed by atoms with Gasteiger partial charge < -0.3 is 9.64 Å². The van der Waals surface area contributed by atoms with Gasteiger partial charge in [0.25, 0.3) is 0 Å². The second-order valence-corrected chi connectivity index (χ2v) is 3.68. The molecule has 2 nitrogen and oxygen atoms in total. The Morgan fingerprint density at radius 2 is 2.14 bits per heavy atom. The van der Waals surface area contributed by atoms with Crippen molar-refractivity contribution in [3.8, 4) is 5.75 Å². The second-order valence-electron chi connectivity index (χ2n) is 3.18. The predicted molar refractivity (Wildman–Crippen MR) is 64.6 cm³/mol. The molecule has 0 aromatic heterocycles. The fraction of sp³-hybridized carbons (Fsp3) is 0.455. The van der Waals surface area contributed by atoms with Crippen LogP contribution in [0.5, 0.6) is 5.75 Å². The van der Waals surface area contributed by atoms with Crippen LogP contribution in [-0.2, 0) is 6.42 Å². The Bertz CT molecular complexity index is 301. The SMILES string of the molecule is CCc1ccc(OC)c(N(C)CBr)c1. The van der Waals surface area contributed by atoms with Crippen molar-refractivity contribution in [2.24, 2.45) is 0 Å². The zero-order valence-electron chi connectivity index (χ0n) is 8.88. The first-order valence-corrected chi connectivity index (χ1v) is 5.79. The largest absolute Gasteiger partial charge is 0.495 e. The highest BCUT2D eigenvalue weighted by atomic mass is 79.9. The Kier molecular flexibility index (Phi) is 4.26. The number of alkyl halides is 1. The van der Waals surface area contributed by atoms with Gasteiger partial charge in [0.05, 0.1) is 18.3 Å². The molecule has 0 fully saturated rings. The van der Waals surface area contributed by atoms with Gasteiger partial charge in [0.2, 0.25) is 0 Å². The number of rotatable bonds is 4. The fourth-order valence-corrected chi connectivity index (χ4v) is 1.59. The van der Waals surface area contributed by atoms with E-state index in [2.05, 4.69) is 39.9 Å². The van der Waals surface area contributed by atoms with Gasteiger partial charge in [-0.15, -0.1) is 0 Å². The van der Waals surface area contributed by atoms with Crippen LogP contribution in [0, 0.1) is 0 Å². The van der Waals surface area contributed by atoms with Crippen molar-refractivity contribution >= 4 is 21.6 Å². The molecule has 0 saturated heterocycles. The second kappa shape index (κ2) is 5.25. The number of hydrogen-bond acceptors (Lipinski definition) is 2. The van der Waals surface area contributed by atoms with Gasteiger partial charge in [-0.2, -0.15) is 0 Å². The Morgan fingerprint density at radius 3 is 2.64 bits per heavy atom. The number of halogens is 1. The lowest BCUT2D eigenvalue weighted by Gasteiger charge is -2.19. The van der Waals surface area contributed by atoms with Crippen LogP contribution >= 0.6 is 15.9 Å². The van der Waals surface area contributed by atoms with Crippen LogP contribution < -0.4 is 9.64 Å². The summed E-state index contributed by atoms with van der Waals surface area (Å²) in [5, 5.41) is 0. The van der Waals surface area contributed by atoms with E-state index >= 15 is 0 Å². The number of ether oxygens (including phenoxy) is 1. The average Bonchev–Trinajstić information content (AvgIpc) is 2.27. The van der Waals surface area contributed by atoms with Crippen molar-refractivity contribution < 1.29 is 4.74 Å². The highest BCUT2D eigenvalue weighted by molar-refractivity contribution is 9.09. The van der Waals surface area contributed by atoms with Crippen LogP contribution in [0.2, 0.25) is 0 Å². The molecule has 0 aliphatic rings. The number of aryl methyl sites for hydroxylation is 1. The molecule has 0 radical (unpaired) electrons. The lowest BCUT2D eigenvalue weighted by Crippen LogP contribution is -2.15. The molecule has 1 rings (SSSR count). The monoisotopic (exact) mass is 257 g/mol. The van der Waals surface area contributed by atoms with E-state index in [0.717, 1.165) is 23.3 Å². The van der Waals surface area contributed by atoms with Gasteiger partial charge in [0, 0.05) is 7.05 Å². The molecule has 1 aromatic rings. The molecule has 3 heteroatoms. The third kappa shape index (κ3) is 2.41. The summed E-state index contributed by atoms with van der Waals surface area (Å²) in [7, 11) is 3.73. The molecule has 0 bridgehead atoms. The van der Waals surface area contributed by atoms with E-state index in [9.17, 15) is 0 Å². The summed E-state index contributed by atoms with van der Waals surface area (Å²) in [4.78, 5) is 2.11. The molecule has 0 amide bonds. The molecule has 14 heavy (non-hydrogen) atoms. The Morgan fingerprint density at radius 1 is 1.43 bits per heavy atom. The minimum atomic E-state index is 0.802. The van der Waals surface area contributed by atoms with Gasteiger partial charge in [-0.25, -0.2) is 0 Å². The van der Waals surface area contributed by atoms with Crippen LogP contribution in [-0.4, -0.2) is 19.6 Å². The lowest BCUT2D eigenvalue weighted by atomic mass is 10.1. The summed E-state index contributed by atoms with van der Waals surface area (Å²) in [5.41, 5.74) is 3.26. The standard InChI is InChI=1S/C11H16BrNO/c1-4-9-5-6-11(14-3)10(7-9)13(2)8-12/h5-7H,4,8H2,1-3H3. The average molecular weight is 258 g/mol. The molecule has 0 unspecified atom stereocenters. The van der Waals surface area contributed by atoms with Gasteiger partial charge in [-0.05, 0) is 24.1 Å². The first-order valence-electron chi connectivity index (χ1n) is 4.67. The molecule has 1 aromatic carbocycles. The van der Waals surface area contributed by atoms with Crippen molar-refractivity contribution in [1.29, 1.82) is 0 Å². The Balaban J connectivity index is 3.08. The van der Waals surface area contributed by atoms with E-state index < -0.39 is 0 Å². The minimum Gasteiger partial charge on any atom is -0.495 e. The zero-order valence-corrected chi connectivity index (χ0v) is 10.5. The summed E-state index contributed by atoms with van der Waals surface area (Å²) >= 11 is 3.43. The molecule has 0 atom stereocenters. The quantitative estimate of drug-likeness (QED) is 0.608. The van der Waals surface area contributed by atoms with Gasteiger partial charge in [0.15, 0.2) is 0 Å². The fourth-order valence-electron chi connectivity index (χ4n) is 1.32. The van der Waals surface area contributed by atoms with Crippen molar-refractivity contribution in [2.45, 2.75) is 13.3 Å². The first kappa shape index (κ1) is 11.4. The van der Waals surface area contributed by atoms with E-state index in [1.54, 1.807) is 7.11 Å². The maximum Gasteiger partial charge on any atom is 0.142 e. The van der Waals surface area contributed by atoms with E-state index in [1.165, 1.54) is 5.56 Å². The van der Waals surface area contributed by atoms with E-state index in [-0.39, 0.29) is 0 Å². The van der Waals surface area contributed by atoms with Crippen LogP contribution in [0.15, 0.2) is 18.2 Å². The Labute approximate surface area is 94.0 Å². The van der Waals surface area contributed by atoms with Crippen LogP contribution in [0.25, 0.3) is 0 Å². The molecule has 0 saturated carbocycles. The molecule has 0 aliphatic heterocycles. The van der Waals surface area contributed by atoms with Gasteiger partial charge in [-0.1, -0.05) is 28.9 Å². The van der Waals surface area contributed by atoms with Gasteiger partial charge in [0.1, 0.15) is 5.75 Å². The highest BCUT2D eigenvalue weighted by Crippen LogP contribution is 2.28. The third-order valence-corrected chi connectivity index (χ3v) is 2.99. The summed E-state index contributed by atoms with van der Waals surface area (Å²) in [6.45, 7) is 2.15. The van der Waals surface area contributed by atoms with Crippen molar-refractivity contribution in [3.63, 3.8) is 0 Å². The first-order chi connectivity index (χ1) is 6.72. The number of anilines is 1. The summed E-state index contributed by atoms with van der Waals surface area (Å²) in [6, 6.07) is 6.29. The van der Waals surface area contributed by atoms with Crippen LogP contribution in [0.1, 0.15) is 12.5 Å². The van der Waals surface area contributed by atoms with Crippen LogP contribution in [0.4, 0.5) is 5.69 Å². The summed E-state index contributed by atoms with van der Waals surface area (Å²) < 4.78 is 5.31. The topological polar surface area (TPSA) is 12.5 Å². The summed E-state index contributed by atoms with van der Waals surface area (Å²) in [6.07, 6.45) is 1.05. The van der Waals surface area contributed by atoms with Gasteiger partial charge >= 0.3 is 0 Å². The predicted octanol–water partition coefficient (Wildman–Crippen LogP) is 3.05. The highest BCUT2D eigenvalue weighted by Gasteiger charge is 2.07. The molecular weight excluding hydrogens is 242 g/mol. The maximum absolute atomic E-state index is 5.31. The van der Waals surface area contributed by atoms with Gasteiger partial charge in [-0.3, -0.25) is 0 Å². The third-order valence-electron chi connectivity index (χ3n) is 2.24. The van der Waals surface area contributed by atoms with Crippen LogP contribution in [0.3, 0.4) is 0 Å². The van der Waals surface area contributed by atoms with Crippen molar-refractivity contribution in [1.82, 2.24) is 0 Å². The normalized spacial score (nSPS) is 10.0. The number of nitrogens with zero attached hydrogens (tertiary/aromatic N) is 1. The number of hydrogen-bond donors (Lipinski definition) is 0. The molecule has 0 spiro atoms. The molecule has 0 aliphatic carbocycles. The number of benzene rings is 1. The minimum absolute atomic E-state index is 0.802. The van der Waals surface area contributed by atoms with E-state index in [1.807, 2.05) is 13.1 Å². The molecular formula is C11H16BrNO. The summed E-state index contributed by atoms with van der Waals surface area (Å²) in [5.74, 6) is 0.921. The zero-order chi connectivity index (χ0) is 10.6. The van der Waals surface area contributed by atoms with Crippen molar-refractivity contribution in [3.05, 3.63) is 23.8 Å². The molecule has 78 valence electrons. The van der Waals surface area contributed by atoms with E-state index in [4.69, 9.17) is 4.74 Å². The maximum atomic E-state index is 5.31. The number of methoxy groups -OCH3 is 1. The lowest BCUT2D eigenvalue weighted by molar-refractivity contribution is 0.415. The molecule has 0 N–H and O–H groups in total.